The van der Waals surface area contributed by atoms with Crippen molar-refractivity contribution in [2.24, 2.45) is 5.92 Å². The number of rotatable bonds is 6. The fourth-order valence-electron chi connectivity index (χ4n) is 3.23. The molecule has 0 aliphatic heterocycles. The Kier molecular flexibility index (Phi) is 5.38. The molecule has 0 saturated heterocycles. The number of nitrogens with zero attached hydrogens (tertiary/aromatic N) is 1. The second-order valence-electron chi connectivity index (χ2n) is 6.98. The molecule has 2 aromatic heterocycles. The first-order valence-electron chi connectivity index (χ1n) is 8.99. The molecule has 4 nitrogen and oxygen atoms in total. The molecule has 0 radical (unpaired) electrons. The SMILES string of the molecule is CCc1cc2cc(C(=O)O)ccn2c1C(=O)c1ccc(C(Cl)C(C)C)cc1. The summed E-state index contributed by atoms with van der Waals surface area (Å²) in [4.78, 5) is 24.4. The fourth-order valence-corrected chi connectivity index (χ4v) is 3.38. The van der Waals surface area contributed by atoms with Gasteiger partial charge in [0.15, 0.2) is 0 Å². The summed E-state index contributed by atoms with van der Waals surface area (Å²) in [6, 6.07) is 12.4. The minimum absolute atomic E-state index is 0.0860. The summed E-state index contributed by atoms with van der Waals surface area (Å²) in [6.45, 7) is 6.10. The summed E-state index contributed by atoms with van der Waals surface area (Å²) in [6.07, 6.45) is 2.33. The number of hydrogen-bond donors (Lipinski definition) is 1. The molecule has 140 valence electrons. The number of halogens is 1. The van der Waals surface area contributed by atoms with Gasteiger partial charge < -0.3 is 9.51 Å². The Balaban J connectivity index is 2.03. The van der Waals surface area contributed by atoms with Crippen molar-refractivity contribution in [2.75, 3.05) is 0 Å². The quantitative estimate of drug-likeness (QED) is 0.460. The topological polar surface area (TPSA) is 58.8 Å². The van der Waals surface area contributed by atoms with E-state index in [-0.39, 0.29) is 16.7 Å². The van der Waals surface area contributed by atoms with Gasteiger partial charge in [-0.1, -0.05) is 45.0 Å². The third kappa shape index (κ3) is 3.62. The molecule has 0 bridgehead atoms. The lowest BCUT2D eigenvalue weighted by atomic mass is 9.98. The summed E-state index contributed by atoms with van der Waals surface area (Å²) in [5.41, 5.74) is 3.95. The first kappa shape index (κ1) is 19.2. The molecule has 3 rings (SSSR count). The van der Waals surface area contributed by atoms with Crippen molar-refractivity contribution in [1.82, 2.24) is 4.40 Å². The Morgan fingerprint density at radius 1 is 1.07 bits per heavy atom. The molecule has 1 N–H and O–H groups in total. The van der Waals surface area contributed by atoms with E-state index in [2.05, 4.69) is 13.8 Å². The average Bonchev–Trinajstić information content (AvgIpc) is 3.04. The highest BCUT2D eigenvalue weighted by Gasteiger charge is 2.20. The van der Waals surface area contributed by atoms with E-state index in [4.69, 9.17) is 11.6 Å². The van der Waals surface area contributed by atoms with Crippen molar-refractivity contribution < 1.29 is 14.7 Å². The minimum atomic E-state index is -0.985. The van der Waals surface area contributed by atoms with Crippen LogP contribution in [0.5, 0.6) is 0 Å². The van der Waals surface area contributed by atoms with E-state index in [0.717, 1.165) is 11.1 Å². The number of benzene rings is 1. The van der Waals surface area contributed by atoms with Crippen LogP contribution >= 0.6 is 11.6 Å². The Morgan fingerprint density at radius 3 is 2.30 bits per heavy atom. The molecular weight excluding hydrogens is 362 g/mol. The van der Waals surface area contributed by atoms with Crippen molar-refractivity contribution in [2.45, 2.75) is 32.6 Å². The molecule has 0 spiro atoms. The lowest BCUT2D eigenvalue weighted by Gasteiger charge is -2.14. The maximum absolute atomic E-state index is 13.2. The number of carboxylic acid groups (broad SMARTS) is 1. The number of aromatic carboxylic acids is 1. The van der Waals surface area contributed by atoms with Gasteiger partial charge in [-0.05, 0) is 41.7 Å². The van der Waals surface area contributed by atoms with Crippen molar-refractivity contribution in [3.8, 4) is 0 Å². The van der Waals surface area contributed by atoms with E-state index < -0.39 is 5.97 Å². The van der Waals surface area contributed by atoms with Gasteiger partial charge in [-0.3, -0.25) is 4.79 Å². The molecular formula is C22H22ClNO3. The number of fused-ring (bicyclic) bond motifs is 1. The van der Waals surface area contributed by atoms with Crippen molar-refractivity contribution in [3.05, 3.63) is 76.6 Å². The summed E-state index contributed by atoms with van der Waals surface area (Å²) in [5.74, 6) is -0.768. The largest absolute Gasteiger partial charge is 0.478 e. The van der Waals surface area contributed by atoms with Crippen LogP contribution in [-0.4, -0.2) is 21.3 Å². The third-order valence-corrected chi connectivity index (χ3v) is 5.53. The highest BCUT2D eigenvalue weighted by Crippen LogP contribution is 2.29. The van der Waals surface area contributed by atoms with Crippen molar-refractivity contribution in [1.29, 1.82) is 0 Å². The fraction of sp³-hybridized carbons (Fsp3) is 0.273. The summed E-state index contributed by atoms with van der Waals surface area (Å²) >= 11 is 6.40. The monoisotopic (exact) mass is 383 g/mol. The van der Waals surface area contributed by atoms with E-state index in [9.17, 15) is 14.7 Å². The standard InChI is InChI=1S/C22H22ClNO3/c1-4-14-11-18-12-17(22(26)27)9-10-24(18)20(14)21(25)16-7-5-15(6-8-16)19(23)13(2)3/h5-13,19H,4H2,1-3H3,(H,26,27). The molecule has 0 aliphatic rings. The maximum atomic E-state index is 13.2. The van der Waals surface area contributed by atoms with Crippen LogP contribution in [0.2, 0.25) is 0 Å². The molecule has 2 heterocycles. The minimum Gasteiger partial charge on any atom is -0.478 e. The third-order valence-electron chi connectivity index (χ3n) is 4.77. The van der Waals surface area contributed by atoms with Crippen LogP contribution in [0.25, 0.3) is 5.52 Å². The zero-order valence-electron chi connectivity index (χ0n) is 15.6. The molecule has 0 amide bonds. The van der Waals surface area contributed by atoms with Crippen LogP contribution in [0.3, 0.4) is 0 Å². The second kappa shape index (κ2) is 7.57. The van der Waals surface area contributed by atoms with Gasteiger partial charge in [0.25, 0.3) is 0 Å². The number of carbonyl (C=O) groups is 2. The number of pyridine rings is 1. The zero-order chi connectivity index (χ0) is 19.7. The molecule has 5 heteroatoms. The molecule has 27 heavy (non-hydrogen) atoms. The highest BCUT2D eigenvalue weighted by atomic mass is 35.5. The van der Waals surface area contributed by atoms with Crippen molar-refractivity contribution in [3.63, 3.8) is 0 Å². The summed E-state index contributed by atoms with van der Waals surface area (Å²) in [7, 11) is 0. The van der Waals surface area contributed by atoms with Crippen molar-refractivity contribution >= 4 is 28.9 Å². The van der Waals surface area contributed by atoms with Gasteiger partial charge in [0.2, 0.25) is 5.78 Å². The van der Waals surface area contributed by atoms with Gasteiger partial charge in [0.05, 0.1) is 16.6 Å². The smallest absolute Gasteiger partial charge is 0.335 e. The molecule has 0 saturated carbocycles. The summed E-state index contributed by atoms with van der Waals surface area (Å²) < 4.78 is 1.76. The maximum Gasteiger partial charge on any atom is 0.335 e. The predicted octanol–water partition coefficient (Wildman–Crippen LogP) is 5.37. The molecule has 0 fully saturated rings. The van der Waals surface area contributed by atoms with Crippen LogP contribution in [0.4, 0.5) is 0 Å². The van der Waals surface area contributed by atoms with Crippen LogP contribution in [-0.2, 0) is 6.42 Å². The number of hydrogen-bond acceptors (Lipinski definition) is 2. The molecule has 1 unspecified atom stereocenters. The van der Waals surface area contributed by atoms with Crippen LogP contribution < -0.4 is 0 Å². The van der Waals surface area contributed by atoms with Crippen LogP contribution in [0.1, 0.15) is 63.7 Å². The average molecular weight is 384 g/mol. The lowest BCUT2D eigenvalue weighted by molar-refractivity contribution is 0.0696. The Bertz CT molecular complexity index is 1000. The molecule has 0 aliphatic carbocycles. The second-order valence-corrected chi connectivity index (χ2v) is 7.45. The Hall–Kier alpha value is -2.59. The van der Waals surface area contributed by atoms with Gasteiger partial charge in [0, 0.05) is 17.3 Å². The van der Waals surface area contributed by atoms with Gasteiger partial charge in [0.1, 0.15) is 0 Å². The number of aromatic nitrogens is 1. The number of carbonyl (C=O) groups excluding carboxylic acids is 1. The van der Waals surface area contributed by atoms with E-state index in [1.807, 2.05) is 25.1 Å². The van der Waals surface area contributed by atoms with Gasteiger partial charge in [-0.25, -0.2) is 4.79 Å². The number of aryl methyl sites for hydroxylation is 1. The number of alkyl halides is 1. The lowest BCUT2D eigenvalue weighted by Crippen LogP contribution is -2.09. The van der Waals surface area contributed by atoms with E-state index >= 15 is 0 Å². The first-order chi connectivity index (χ1) is 12.8. The van der Waals surface area contributed by atoms with E-state index in [1.54, 1.807) is 28.8 Å². The summed E-state index contributed by atoms with van der Waals surface area (Å²) in [5, 5.41) is 9.09. The molecule has 1 atom stereocenters. The normalized spacial score (nSPS) is 12.5. The van der Waals surface area contributed by atoms with E-state index in [0.29, 0.717) is 29.1 Å². The van der Waals surface area contributed by atoms with E-state index in [1.165, 1.54) is 6.07 Å². The van der Waals surface area contributed by atoms with Gasteiger partial charge in [-0.15, -0.1) is 11.6 Å². The molecule has 1 aromatic carbocycles. The number of carboxylic acids is 1. The highest BCUT2D eigenvalue weighted by molar-refractivity contribution is 6.21. The first-order valence-corrected chi connectivity index (χ1v) is 9.43. The van der Waals surface area contributed by atoms with Gasteiger partial charge >= 0.3 is 5.97 Å². The number of ketones is 1. The van der Waals surface area contributed by atoms with Gasteiger partial charge in [-0.2, -0.15) is 0 Å². The zero-order valence-corrected chi connectivity index (χ0v) is 16.3. The predicted molar refractivity (Wildman–Crippen MR) is 107 cm³/mol. The Morgan fingerprint density at radius 2 is 1.74 bits per heavy atom. The van der Waals surface area contributed by atoms with Crippen LogP contribution in [0, 0.1) is 5.92 Å². The Labute approximate surface area is 163 Å². The van der Waals surface area contributed by atoms with Crippen LogP contribution in [0.15, 0.2) is 48.7 Å². The molecule has 3 aromatic rings.